The average Bonchev–Trinajstić information content (AvgIpc) is 2.36. The highest BCUT2D eigenvalue weighted by Gasteiger charge is 2.17. The van der Waals surface area contributed by atoms with Crippen molar-refractivity contribution in [1.82, 2.24) is 5.32 Å². The van der Waals surface area contributed by atoms with E-state index in [-0.39, 0.29) is 16.9 Å². The third-order valence-electron chi connectivity index (χ3n) is 3.58. The van der Waals surface area contributed by atoms with Crippen LogP contribution in [0.3, 0.4) is 0 Å². The Balaban J connectivity index is 3.04. The van der Waals surface area contributed by atoms with Gasteiger partial charge in [0.05, 0.1) is 5.25 Å². The zero-order valence-corrected chi connectivity index (χ0v) is 13.9. The lowest BCUT2D eigenvalue weighted by Gasteiger charge is -2.17. The maximum absolute atomic E-state index is 11.8. The van der Waals surface area contributed by atoms with Gasteiger partial charge in [-0.2, -0.15) is 0 Å². The molecule has 1 N–H and O–H groups in total. The lowest BCUT2D eigenvalue weighted by Crippen LogP contribution is -2.27. The third kappa shape index (κ3) is 3.63. The van der Waals surface area contributed by atoms with Crippen LogP contribution in [0.25, 0.3) is 0 Å². The summed E-state index contributed by atoms with van der Waals surface area (Å²) < 4.78 is 0. The number of thioether (sulfide) groups is 1. The van der Waals surface area contributed by atoms with Crippen LogP contribution in [0.4, 0.5) is 0 Å². The Morgan fingerprint density at radius 3 is 2.35 bits per heavy atom. The summed E-state index contributed by atoms with van der Waals surface area (Å²) in [6.45, 7) is 9.53. The molecule has 0 aliphatic rings. The molecular formula is C16H23NO2S. The van der Waals surface area contributed by atoms with E-state index < -0.39 is 0 Å². The molecule has 4 heteroatoms. The molecule has 0 bridgehead atoms. The smallest absolute Gasteiger partial charge is 0.232 e. The normalized spacial score (nSPS) is 12.1. The predicted molar refractivity (Wildman–Crippen MR) is 85.5 cm³/mol. The van der Waals surface area contributed by atoms with Gasteiger partial charge >= 0.3 is 0 Å². The number of carbonyl (C=O) groups is 2. The summed E-state index contributed by atoms with van der Waals surface area (Å²) in [5.74, 6) is 0.877. The van der Waals surface area contributed by atoms with E-state index in [0.29, 0.717) is 0 Å². The Hall–Kier alpha value is -1.29. The number of benzene rings is 1. The maximum Gasteiger partial charge on any atom is 0.232 e. The van der Waals surface area contributed by atoms with Crippen molar-refractivity contribution >= 4 is 23.5 Å². The summed E-state index contributed by atoms with van der Waals surface area (Å²) in [6, 6.07) is 2.06. The SMILES string of the molecule is CNC(=O)C(C)SCc1c(C)cc(C)c(C(C)=O)c1C. The summed E-state index contributed by atoms with van der Waals surface area (Å²) in [4.78, 5) is 23.3. The van der Waals surface area contributed by atoms with Crippen molar-refractivity contribution in [3.8, 4) is 0 Å². The second-order valence-electron chi connectivity index (χ2n) is 5.11. The number of hydrogen-bond acceptors (Lipinski definition) is 3. The quantitative estimate of drug-likeness (QED) is 0.848. The van der Waals surface area contributed by atoms with Crippen LogP contribution in [0, 0.1) is 20.8 Å². The monoisotopic (exact) mass is 293 g/mol. The van der Waals surface area contributed by atoms with Gasteiger partial charge < -0.3 is 5.32 Å². The van der Waals surface area contributed by atoms with E-state index in [2.05, 4.69) is 18.3 Å². The number of hydrogen-bond donors (Lipinski definition) is 1. The molecule has 0 spiro atoms. The first-order valence-electron chi connectivity index (χ1n) is 6.73. The first-order valence-corrected chi connectivity index (χ1v) is 7.78. The minimum Gasteiger partial charge on any atom is -0.358 e. The number of rotatable bonds is 5. The van der Waals surface area contributed by atoms with Gasteiger partial charge in [0.25, 0.3) is 0 Å². The van der Waals surface area contributed by atoms with E-state index in [9.17, 15) is 9.59 Å². The van der Waals surface area contributed by atoms with Crippen LogP contribution in [-0.2, 0) is 10.5 Å². The number of Topliss-reactive ketones (excluding diaryl/α,β-unsaturated/α-hetero) is 1. The van der Waals surface area contributed by atoms with Gasteiger partial charge in [-0.1, -0.05) is 6.07 Å². The Morgan fingerprint density at radius 2 is 1.85 bits per heavy atom. The van der Waals surface area contributed by atoms with Gasteiger partial charge in [-0.15, -0.1) is 11.8 Å². The van der Waals surface area contributed by atoms with Crippen molar-refractivity contribution in [2.45, 2.75) is 45.6 Å². The Kier molecular flexibility index (Phi) is 5.81. The first kappa shape index (κ1) is 16.8. The standard InChI is InChI=1S/C16H23NO2S/c1-9-7-10(2)15(12(4)18)11(3)14(9)8-20-13(5)16(19)17-6/h7,13H,8H2,1-6H3,(H,17,19). The lowest BCUT2D eigenvalue weighted by atomic mass is 9.92. The predicted octanol–water partition coefficient (Wildman–Crippen LogP) is 3.18. The van der Waals surface area contributed by atoms with Crippen LogP contribution in [0.15, 0.2) is 6.07 Å². The van der Waals surface area contributed by atoms with Crippen LogP contribution in [0.1, 0.15) is 46.5 Å². The van der Waals surface area contributed by atoms with Crippen molar-refractivity contribution < 1.29 is 9.59 Å². The number of aryl methyl sites for hydroxylation is 2. The number of ketones is 1. The molecular weight excluding hydrogens is 270 g/mol. The van der Waals surface area contributed by atoms with E-state index in [1.54, 1.807) is 25.7 Å². The van der Waals surface area contributed by atoms with Crippen LogP contribution >= 0.6 is 11.8 Å². The minimum atomic E-state index is -0.0964. The Labute approximate surface area is 125 Å². The fourth-order valence-electron chi connectivity index (χ4n) is 2.48. The molecule has 1 unspecified atom stereocenters. The van der Waals surface area contributed by atoms with Gasteiger partial charge in [-0.25, -0.2) is 0 Å². The molecule has 0 aliphatic carbocycles. The molecule has 0 saturated heterocycles. The summed E-state index contributed by atoms with van der Waals surface area (Å²) >= 11 is 1.59. The molecule has 0 saturated carbocycles. The fraction of sp³-hybridized carbons (Fsp3) is 0.500. The second kappa shape index (κ2) is 6.93. The van der Waals surface area contributed by atoms with Gasteiger partial charge in [0, 0.05) is 18.4 Å². The van der Waals surface area contributed by atoms with Gasteiger partial charge in [0.15, 0.2) is 5.78 Å². The third-order valence-corrected chi connectivity index (χ3v) is 4.75. The lowest BCUT2D eigenvalue weighted by molar-refractivity contribution is -0.119. The van der Waals surface area contributed by atoms with Crippen molar-refractivity contribution in [3.05, 3.63) is 33.9 Å². The van der Waals surface area contributed by atoms with Crippen LogP contribution < -0.4 is 5.32 Å². The van der Waals surface area contributed by atoms with E-state index in [1.807, 2.05) is 20.8 Å². The number of carbonyl (C=O) groups excluding carboxylic acids is 2. The fourth-order valence-corrected chi connectivity index (χ4v) is 3.61. The zero-order valence-electron chi connectivity index (χ0n) is 13.1. The van der Waals surface area contributed by atoms with E-state index in [0.717, 1.165) is 22.4 Å². The van der Waals surface area contributed by atoms with Gasteiger partial charge in [-0.3, -0.25) is 9.59 Å². The topological polar surface area (TPSA) is 46.2 Å². The van der Waals surface area contributed by atoms with Gasteiger partial charge in [-0.05, 0) is 56.9 Å². The number of amides is 1. The second-order valence-corrected chi connectivity index (χ2v) is 6.44. The van der Waals surface area contributed by atoms with Crippen molar-refractivity contribution in [2.75, 3.05) is 7.05 Å². The van der Waals surface area contributed by atoms with Gasteiger partial charge in [0.1, 0.15) is 0 Å². The van der Waals surface area contributed by atoms with Gasteiger partial charge in [0.2, 0.25) is 5.91 Å². The highest BCUT2D eigenvalue weighted by atomic mass is 32.2. The van der Waals surface area contributed by atoms with E-state index in [4.69, 9.17) is 0 Å². The summed E-state index contributed by atoms with van der Waals surface area (Å²) in [5, 5.41) is 2.56. The zero-order chi connectivity index (χ0) is 15.4. The molecule has 110 valence electrons. The van der Waals surface area contributed by atoms with Crippen molar-refractivity contribution in [2.24, 2.45) is 0 Å². The van der Waals surface area contributed by atoms with Crippen LogP contribution in [0.5, 0.6) is 0 Å². The molecule has 1 rings (SSSR count). The molecule has 1 aromatic rings. The molecule has 0 radical (unpaired) electrons. The Bertz CT molecular complexity index is 538. The van der Waals surface area contributed by atoms with Crippen LogP contribution in [-0.4, -0.2) is 24.0 Å². The molecule has 1 aromatic carbocycles. The highest BCUT2D eigenvalue weighted by molar-refractivity contribution is 7.99. The molecule has 0 aliphatic heterocycles. The highest BCUT2D eigenvalue weighted by Crippen LogP contribution is 2.28. The van der Waals surface area contributed by atoms with Crippen LogP contribution in [0.2, 0.25) is 0 Å². The molecule has 1 atom stereocenters. The molecule has 3 nitrogen and oxygen atoms in total. The van der Waals surface area contributed by atoms with Crippen molar-refractivity contribution in [1.29, 1.82) is 0 Å². The first-order chi connectivity index (χ1) is 9.29. The molecule has 0 fully saturated rings. The molecule has 1 amide bonds. The molecule has 0 aromatic heterocycles. The molecule has 20 heavy (non-hydrogen) atoms. The average molecular weight is 293 g/mol. The summed E-state index contributed by atoms with van der Waals surface area (Å²) in [6.07, 6.45) is 0. The largest absolute Gasteiger partial charge is 0.358 e. The summed E-state index contributed by atoms with van der Waals surface area (Å²) in [7, 11) is 1.65. The summed E-state index contributed by atoms with van der Waals surface area (Å²) in [5.41, 5.74) is 5.24. The Morgan fingerprint density at radius 1 is 1.25 bits per heavy atom. The number of nitrogens with one attached hydrogen (secondary N) is 1. The van der Waals surface area contributed by atoms with Crippen molar-refractivity contribution in [3.63, 3.8) is 0 Å². The van der Waals surface area contributed by atoms with E-state index >= 15 is 0 Å². The molecule has 0 heterocycles. The van der Waals surface area contributed by atoms with E-state index in [1.165, 1.54) is 11.1 Å². The minimum absolute atomic E-state index is 0.0317. The maximum atomic E-state index is 11.8.